The van der Waals surface area contributed by atoms with Crippen LogP contribution in [0.1, 0.15) is 23.6 Å². The zero-order valence-electron chi connectivity index (χ0n) is 17.8. The second-order valence-electron chi connectivity index (χ2n) is 6.87. The fourth-order valence-electron chi connectivity index (χ4n) is 2.89. The van der Waals surface area contributed by atoms with Gasteiger partial charge in [-0.2, -0.15) is 0 Å². The summed E-state index contributed by atoms with van der Waals surface area (Å²) < 4.78 is 16.9. The molecular formula is C23H22BrNO6S. The first kappa shape index (κ1) is 23.9. The number of nitrogens with zero attached hydrogens (tertiary/aromatic N) is 1. The van der Waals surface area contributed by atoms with Crippen LogP contribution < -0.4 is 9.47 Å². The van der Waals surface area contributed by atoms with Crippen LogP contribution in [0.2, 0.25) is 0 Å². The maximum absolute atomic E-state index is 12.6. The molecule has 168 valence electrons. The Labute approximate surface area is 198 Å². The Morgan fingerprint density at radius 3 is 2.53 bits per heavy atom. The monoisotopic (exact) mass is 519 g/mol. The molecule has 7 nitrogen and oxygen atoms in total. The van der Waals surface area contributed by atoms with E-state index in [0.717, 1.165) is 22.2 Å². The van der Waals surface area contributed by atoms with Gasteiger partial charge in [0.05, 0.1) is 18.6 Å². The normalized spacial score (nSPS) is 14.8. The van der Waals surface area contributed by atoms with E-state index < -0.39 is 23.7 Å². The lowest BCUT2D eigenvalue weighted by atomic mass is 10.1. The van der Waals surface area contributed by atoms with Crippen LogP contribution in [0, 0.1) is 6.92 Å². The summed E-state index contributed by atoms with van der Waals surface area (Å²) in [7, 11) is 1.53. The molecule has 0 radical (unpaired) electrons. The molecule has 1 fully saturated rings. The smallest absolute Gasteiger partial charge is 0.326 e. The molecule has 0 atom stereocenters. The largest absolute Gasteiger partial charge is 0.493 e. The molecule has 2 amide bonds. The highest BCUT2D eigenvalue weighted by Gasteiger charge is 2.36. The topological polar surface area (TPSA) is 82.1 Å². The van der Waals surface area contributed by atoms with E-state index in [2.05, 4.69) is 15.9 Å². The van der Waals surface area contributed by atoms with Crippen molar-refractivity contribution in [1.82, 2.24) is 4.90 Å². The summed E-state index contributed by atoms with van der Waals surface area (Å²) in [5.74, 6) is -0.155. The van der Waals surface area contributed by atoms with Crippen molar-refractivity contribution in [3.63, 3.8) is 0 Å². The number of benzene rings is 2. The van der Waals surface area contributed by atoms with Gasteiger partial charge in [0.15, 0.2) is 11.5 Å². The quantitative estimate of drug-likeness (QED) is 0.360. The highest BCUT2D eigenvalue weighted by molar-refractivity contribution is 9.10. The number of methoxy groups -OCH3 is 1. The molecule has 2 aromatic rings. The first-order valence-electron chi connectivity index (χ1n) is 9.79. The van der Waals surface area contributed by atoms with Gasteiger partial charge in [0, 0.05) is 4.47 Å². The molecule has 9 heteroatoms. The molecule has 1 aliphatic heterocycles. The van der Waals surface area contributed by atoms with E-state index in [0.29, 0.717) is 28.1 Å². The standard InChI is InChI=1S/C23H22BrNO6S/c1-4-30-21(26)12-25-22(27)20(32-23(25)28)10-16-9-18(29-3)19(11-17(16)24)31-13-15-7-5-14(2)6-8-15/h5-11H,4,12-13H2,1-3H3/b20-10+. The number of amides is 2. The van der Waals surface area contributed by atoms with Crippen LogP contribution >= 0.6 is 27.7 Å². The molecule has 1 heterocycles. The third-order valence-electron chi connectivity index (χ3n) is 4.55. The molecule has 0 unspecified atom stereocenters. The maximum atomic E-state index is 12.6. The van der Waals surface area contributed by atoms with Gasteiger partial charge < -0.3 is 14.2 Å². The number of aryl methyl sites for hydroxylation is 1. The van der Waals surface area contributed by atoms with Crippen molar-refractivity contribution < 1.29 is 28.6 Å². The Bertz CT molecular complexity index is 1070. The van der Waals surface area contributed by atoms with E-state index >= 15 is 0 Å². The Morgan fingerprint density at radius 2 is 1.88 bits per heavy atom. The van der Waals surface area contributed by atoms with Gasteiger partial charge in [0.25, 0.3) is 11.1 Å². The Balaban J connectivity index is 1.78. The minimum Gasteiger partial charge on any atom is -0.493 e. The third kappa shape index (κ3) is 5.72. The first-order valence-corrected chi connectivity index (χ1v) is 11.4. The summed E-state index contributed by atoms with van der Waals surface area (Å²) >= 11 is 4.26. The van der Waals surface area contributed by atoms with Crippen molar-refractivity contribution >= 4 is 50.9 Å². The van der Waals surface area contributed by atoms with Gasteiger partial charge in [0.2, 0.25) is 0 Å². The van der Waals surface area contributed by atoms with Crippen LogP contribution in [0.3, 0.4) is 0 Å². The van der Waals surface area contributed by atoms with Crippen molar-refractivity contribution in [3.8, 4) is 11.5 Å². The van der Waals surface area contributed by atoms with Crippen LogP contribution in [0.25, 0.3) is 6.08 Å². The molecule has 0 aliphatic carbocycles. The number of hydrogen-bond donors (Lipinski definition) is 0. The molecule has 0 spiro atoms. The molecule has 1 aliphatic rings. The molecule has 1 saturated heterocycles. The van der Waals surface area contributed by atoms with Crippen LogP contribution in [0.15, 0.2) is 45.8 Å². The lowest BCUT2D eigenvalue weighted by Crippen LogP contribution is -2.34. The van der Waals surface area contributed by atoms with Gasteiger partial charge >= 0.3 is 5.97 Å². The molecule has 3 rings (SSSR count). The van der Waals surface area contributed by atoms with Crippen LogP contribution in [-0.4, -0.2) is 42.3 Å². The number of imide groups is 1. The summed E-state index contributed by atoms with van der Waals surface area (Å²) in [4.78, 5) is 37.6. The Hall–Kier alpha value is -2.78. The van der Waals surface area contributed by atoms with Crippen LogP contribution in [-0.2, 0) is 20.9 Å². The molecule has 0 saturated carbocycles. The molecular weight excluding hydrogens is 498 g/mol. The Morgan fingerprint density at radius 1 is 1.16 bits per heavy atom. The number of esters is 1. The van der Waals surface area contributed by atoms with Crippen LogP contribution in [0.5, 0.6) is 11.5 Å². The first-order chi connectivity index (χ1) is 15.3. The highest BCUT2D eigenvalue weighted by atomic mass is 79.9. The zero-order valence-corrected chi connectivity index (χ0v) is 20.2. The SMILES string of the molecule is CCOC(=O)CN1C(=O)S/C(=C/c2cc(OC)c(OCc3ccc(C)cc3)cc2Br)C1=O. The molecule has 2 aromatic carbocycles. The minimum absolute atomic E-state index is 0.177. The van der Waals surface area contributed by atoms with Crippen molar-refractivity contribution in [2.24, 2.45) is 0 Å². The van der Waals surface area contributed by atoms with Gasteiger partial charge in [-0.15, -0.1) is 0 Å². The van der Waals surface area contributed by atoms with Crippen LogP contribution in [0.4, 0.5) is 4.79 Å². The summed E-state index contributed by atoms with van der Waals surface area (Å²) in [6, 6.07) is 11.5. The van der Waals surface area contributed by atoms with Gasteiger partial charge in [-0.3, -0.25) is 19.3 Å². The van der Waals surface area contributed by atoms with Gasteiger partial charge in [-0.25, -0.2) is 0 Å². The number of carbonyl (C=O) groups excluding carboxylic acids is 3. The second-order valence-corrected chi connectivity index (χ2v) is 8.72. The predicted molar refractivity (Wildman–Crippen MR) is 126 cm³/mol. The number of halogens is 1. The predicted octanol–water partition coefficient (Wildman–Crippen LogP) is 4.94. The number of hydrogen-bond acceptors (Lipinski definition) is 7. The Kier molecular flexibility index (Phi) is 7.98. The van der Waals surface area contributed by atoms with Crippen molar-refractivity contribution in [2.45, 2.75) is 20.5 Å². The van der Waals surface area contributed by atoms with E-state index in [-0.39, 0.29) is 11.5 Å². The number of rotatable bonds is 8. The molecule has 0 N–H and O–H groups in total. The van der Waals surface area contributed by atoms with Gasteiger partial charge in [-0.05, 0) is 54.9 Å². The van der Waals surface area contributed by atoms with Crippen molar-refractivity contribution in [3.05, 3.63) is 62.5 Å². The minimum atomic E-state index is -0.631. The van der Waals surface area contributed by atoms with E-state index in [9.17, 15) is 14.4 Å². The number of thioether (sulfide) groups is 1. The number of ether oxygens (including phenoxy) is 3. The average Bonchev–Trinajstić information content (AvgIpc) is 3.02. The van der Waals surface area contributed by atoms with E-state index in [1.54, 1.807) is 25.1 Å². The molecule has 0 aromatic heterocycles. The summed E-state index contributed by atoms with van der Waals surface area (Å²) in [6.45, 7) is 3.82. The lowest BCUT2D eigenvalue weighted by molar-refractivity contribution is -0.145. The molecule has 32 heavy (non-hydrogen) atoms. The van der Waals surface area contributed by atoms with E-state index in [1.165, 1.54) is 12.7 Å². The highest BCUT2D eigenvalue weighted by Crippen LogP contribution is 2.38. The van der Waals surface area contributed by atoms with Gasteiger partial charge in [0.1, 0.15) is 13.2 Å². The lowest BCUT2D eigenvalue weighted by Gasteiger charge is -2.13. The summed E-state index contributed by atoms with van der Waals surface area (Å²) in [6.07, 6.45) is 1.58. The third-order valence-corrected chi connectivity index (χ3v) is 6.14. The van der Waals surface area contributed by atoms with E-state index in [4.69, 9.17) is 14.2 Å². The molecule has 0 bridgehead atoms. The average molecular weight is 520 g/mol. The maximum Gasteiger partial charge on any atom is 0.326 e. The number of carbonyl (C=O) groups is 3. The summed E-state index contributed by atoms with van der Waals surface area (Å²) in [5.41, 5.74) is 2.82. The zero-order chi connectivity index (χ0) is 23.3. The second kappa shape index (κ2) is 10.7. The fourth-order valence-corrected chi connectivity index (χ4v) is 4.16. The van der Waals surface area contributed by atoms with Crippen molar-refractivity contribution in [2.75, 3.05) is 20.3 Å². The van der Waals surface area contributed by atoms with Gasteiger partial charge in [-0.1, -0.05) is 45.8 Å². The van der Waals surface area contributed by atoms with E-state index in [1.807, 2.05) is 31.2 Å². The fraction of sp³-hybridized carbons (Fsp3) is 0.261. The van der Waals surface area contributed by atoms with Crippen molar-refractivity contribution in [1.29, 1.82) is 0 Å². The summed E-state index contributed by atoms with van der Waals surface area (Å²) in [5, 5.41) is -0.518.